The van der Waals surface area contributed by atoms with E-state index in [0.29, 0.717) is 0 Å². The summed E-state index contributed by atoms with van der Waals surface area (Å²) < 4.78 is 49.9. The average Bonchev–Trinajstić information content (AvgIpc) is 2.97. The third kappa shape index (κ3) is 13.3. The molecular weight excluding hydrogens is 531 g/mol. The predicted molar refractivity (Wildman–Crippen MR) is 95.5 cm³/mol. The molecule has 0 bridgehead atoms. The molecule has 1 aromatic rings. The molecular formula is C12H16Li4N3O14P3. The number of anilines is 1. The van der Waals surface area contributed by atoms with Crippen molar-refractivity contribution in [2.45, 2.75) is 24.9 Å². The van der Waals surface area contributed by atoms with E-state index < -0.39 is 59.8 Å². The normalized spacial score (nSPS) is 22.3. The van der Waals surface area contributed by atoms with Crippen molar-refractivity contribution in [3.8, 4) is 0 Å². The van der Waals surface area contributed by atoms with Crippen LogP contribution >= 0.6 is 23.5 Å². The molecule has 0 aliphatic carbocycles. The van der Waals surface area contributed by atoms with Crippen LogP contribution in [0.1, 0.15) is 12.6 Å². The fourth-order valence-corrected chi connectivity index (χ4v) is 5.36. The summed E-state index contributed by atoms with van der Waals surface area (Å²) in [6.07, 6.45) is -1.74. The summed E-state index contributed by atoms with van der Waals surface area (Å²) in [7, 11) is -18.1. The molecule has 17 nitrogen and oxygen atoms in total. The molecule has 0 spiro atoms. The molecule has 1 fully saturated rings. The molecule has 0 aromatic carbocycles. The van der Waals surface area contributed by atoms with Crippen LogP contribution in [0.2, 0.25) is 0 Å². The first-order valence-corrected chi connectivity index (χ1v) is 12.8. The van der Waals surface area contributed by atoms with Gasteiger partial charge < -0.3 is 43.8 Å². The molecule has 1 aromatic heterocycles. The second-order valence-electron chi connectivity index (χ2n) is 6.11. The number of phosphoric acid groups is 3. The maximum Gasteiger partial charge on any atom is 1.00 e. The minimum atomic E-state index is -6.13. The van der Waals surface area contributed by atoms with Gasteiger partial charge in [0.15, 0.2) is 0 Å². The Labute approximate surface area is 251 Å². The number of nitrogens with one attached hydrogen (secondary N) is 2. The number of hydrogen-bond donors (Lipinski definition) is 3. The van der Waals surface area contributed by atoms with Gasteiger partial charge in [-0.1, -0.05) is 6.08 Å². The van der Waals surface area contributed by atoms with Gasteiger partial charge in [-0.3, -0.25) is 27.8 Å². The minimum Gasteiger partial charge on any atom is -0.790 e. The Bertz CT molecular complexity index is 1110. The van der Waals surface area contributed by atoms with Gasteiger partial charge >= 0.3 is 81.1 Å². The zero-order valence-corrected chi connectivity index (χ0v) is 22.4. The van der Waals surface area contributed by atoms with E-state index in [1.807, 2.05) is 4.98 Å². The van der Waals surface area contributed by atoms with Crippen molar-refractivity contribution in [2.24, 2.45) is 0 Å². The molecule has 1 aliphatic rings. The monoisotopic (exact) mass is 547 g/mol. The van der Waals surface area contributed by atoms with Crippen LogP contribution in [0.5, 0.6) is 0 Å². The van der Waals surface area contributed by atoms with Crippen molar-refractivity contribution in [1.29, 1.82) is 0 Å². The summed E-state index contributed by atoms with van der Waals surface area (Å²) >= 11 is 0. The molecule has 24 heteroatoms. The quantitative estimate of drug-likeness (QED) is 0.132. The maximum atomic E-state index is 12.1. The van der Waals surface area contributed by atoms with Gasteiger partial charge in [0.05, 0.1) is 20.5 Å². The molecule has 5 atom stereocenters. The summed E-state index contributed by atoms with van der Waals surface area (Å²) in [6, 6.07) is 0. The zero-order valence-electron chi connectivity index (χ0n) is 19.8. The number of aromatic amines is 1. The number of phosphoric ester groups is 1. The van der Waals surface area contributed by atoms with Crippen LogP contribution in [0.3, 0.4) is 0 Å². The number of ether oxygens (including phenoxy) is 1. The second-order valence-corrected chi connectivity index (χ2v) is 10.4. The van der Waals surface area contributed by atoms with Crippen molar-refractivity contribution in [2.75, 3.05) is 18.5 Å². The fraction of sp³-hybridized carbons (Fsp3) is 0.500. The summed E-state index contributed by atoms with van der Waals surface area (Å²) in [6.45, 7) is 2.62. The molecule has 182 valence electrons. The van der Waals surface area contributed by atoms with Gasteiger partial charge in [0.25, 0.3) is 21.2 Å². The van der Waals surface area contributed by atoms with Crippen molar-refractivity contribution in [1.82, 2.24) is 9.55 Å². The third-order valence-corrected chi connectivity index (χ3v) is 7.38. The molecule has 0 amide bonds. The number of aliphatic hydroxyl groups is 1. The van der Waals surface area contributed by atoms with E-state index in [1.54, 1.807) is 0 Å². The van der Waals surface area contributed by atoms with Gasteiger partial charge in [-0.25, -0.2) is 9.11 Å². The fourth-order valence-electron chi connectivity index (χ4n) is 2.49. The third-order valence-electron chi connectivity index (χ3n) is 3.72. The van der Waals surface area contributed by atoms with Crippen molar-refractivity contribution < 1.29 is 132 Å². The number of nitrogens with zero attached hydrogens (tertiary/aromatic N) is 1. The van der Waals surface area contributed by atoms with Gasteiger partial charge in [0, 0.05) is 19.2 Å². The smallest absolute Gasteiger partial charge is 0.790 e. The molecule has 2 rings (SSSR count). The second kappa shape index (κ2) is 16.9. The van der Waals surface area contributed by atoms with E-state index in [-0.39, 0.29) is 94.1 Å². The van der Waals surface area contributed by atoms with E-state index in [1.165, 1.54) is 6.08 Å². The van der Waals surface area contributed by atoms with Crippen LogP contribution < -0.4 is 112 Å². The number of aliphatic hydroxyl groups excluding tert-OH is 1. The molecule has 2 heterocycles. The summed E-state index contributed by atoms with van der Waals surface area (Å²) in [5.74, 6) is 0. The number of rotatable bonds is 11. The first-order valence-electron chi connectivity index (χ1n) is 8.37. The van der Waals surface area contributed by atoms with Gasteiger partial charge in [-0.15, -0.1) is 6.58 Å². The number of aromatic nitrogens is 2. The summed E-state index contributed by atoms with van der Waals surface area (Å²) in [4.78, 5) is 69.2. The maximum absolute atomic E-state index is 12.1. The Morgan fingerprint density at radius 1 is 1.14 bits per heavy atom. The number of H-pyrrole nitrogens is 1. The van der Waals surface area contributed by atoms with Gasteiger partial charge in [-0.05, 0) is 0 Å². The van der Waals surface area contributed by atoms with Crippen LogP contribution in [-0.2, 0) is 31.6 Å². The standard InChI is InChI=1S/C12H20N3O14P3.4Li/c1-2-3-13-7-5-15(12(18)14-11(7)17)10-4-8(16)9(27-10)6-26-31(22,23)29-32(24,25)28-30(19,20)21;;;;/h2,5,8-10,13,16H,1,3-4,6H2,(H,22,23)(H,24,25)(H,14,17,18)(H2,19,20,21);;;;/q;4*+1/p-4/t8-,9+,10+;;;;/m0..../s1. The average molecular weight is 547 g/mol. The minimum absolute atomic E-state index is 0. The number of hydrogen-bond acceptors (Lipinski definition) is 15. The van der Waals surface area contributed by atoms with Crippen molar-refractivity contribution >= 4 is 29.2 Å². The molecule has 0 radical (unpaired) electrons. The van der Waals surface area contributed by atoms with Crippen LogP contribution in [0.15, 0.2) is 28.4 Å². The molecule has 36 heavy (non-hydrogen) atoms. The van der Waals surface area contributed by atoms with Crippen molar-refractivity contribution in [3.63, 3.8) is 0 Å². The summed E-state index contributed by atoms with van der Waals surface area (Å²) in [5.41, 5.74) is -1.67. The zero-order chi connectivity index (χ0) is 24.3. The topological polar surface area (TPSA) is 267 Å². The Morgan fingerprint density at radius 2 is 1.72 bits per heavy atom. The molecule has 1 saturated heterocycles. The Kier molecular flexibility index (Phi) is 19.5. The van der Waals surface area contributed by atoms with Gasteiger partial charge in [0.1, 0.15) is 18.0 Å². The Hall–Kier alpha value is 0.940. The first-order chi connectivity index (χ1) is 14.6. The van der Waals surface area contributed by atoms with Crippen LogP contribution in [0, 0.1) is 0 Å². The summed E-state index contributed by atoms with van der Waals surface area (Å²) in [5, 5.41) is 12.7. The van der Waals surface area contributed by atoms with E-state index in [0.717, 1.165) is 10.8 Å². The predicted octanol–water partition coefficient (Wildman–Crippen LogP) is -15.4. The molecule has 3 N–H and O–H groups in total. The van der Waals surface area contributed by atoms with Crippen molar-refractivity contribution in [3.05, 3.63) is 39.7 Å². The SMILES string of the molecule is C=CCNc1cn([C@H]2C[C@H](O)[C@@H](COP(=O)([O-])OP(=O)([O-])OP(=O)([O-])[O-])O2)c(=O)[nH]c1=O.[Li+].[Li+].[Li+].[Li+]. The van der Waals surface area contributed by atoms with Gasteiger partial charge in [-0.2, -0.15) is 0 Å². The van der Waals surface area contributed by atoms with E-state index in [2.05, 4.69) is 25.0 Å². The van der Waals surface area contributed by atoms with Crippen LogP contribution in [-0.4, -0.2) is 40.0 Å². The van der Waals surface area contributed by atoms with E-state index in [9.17, 15) is 48.0 Å². The van der Waals surface area contributed by atoms with Crippen LogP contribution in [0.25, 0.3) is 0 Å². The Morgan fingerprint density at radius 3 is 2.25 bits per heavy atom. The molecule has 0 saturated carbocycles. The van der Waals surface area contributed by atoms with E-state index in [4.69, 9.17) is 4.74 Å². The van der Waals surface area contributed by atoms with Crippen LogP contribution in [0.4, 0.5) is 5.69 Å². The largest absolute Gasteiger partial charge is 1.00 e. The molecule has 1 aliphatic heterocycles. The van der Waals surface area contributed by atoms with E-state index >= 15 is 0 Å². The molecule has 2 unspecified atom stereocenters. The Balaban J connectivity index is -0.00000272. The van der Waals surface area contributed by atoms with Gasteiger partial charge in [0.2, 0.25) is 0 Å². The first kappa shape index (κ1) is 41.4.